The van der Waals surface area contributed by atoms with Crippen molar-refractivity contribution in [3.05, 3.63) is 107 Å². The fourth-order valence-corrected chi connectivity index (χ4v) is 4.97. The first kappa shape index (κ1) is 20.4. The van der Waals surface area contributed by atoms with Crippen molar-refractivity contribution in [2.45, 2.75) is 0 Å². The van der Waals surface area contributed by atoms with Crippen molar-refractivity contribution in [1.82, 2.24) is 9.47 Å². The number of hydrogen-bond donors (Lipinski definition) is 0. The van der Waals surface area contributed by atoms with Crippen LogP contribution >= 0.6 is 0 Å². The highest BCUT2D eigenvalue weighted by Gasteiger charge is 2.36. The quantitative estimate of drug-likeness (QED) is 0.240. The van der Waals surface area contributed by atoms with Gasteiger partial charge >= 0.3 is 0 Å². The van der Waals surface area contributed by atoms with Gasteiger partial charge in [0.1, 0.15) is 0 Å². The third kappa shape index (κ3) is 2.81. The first-order chi connectivity index (χ1) is 17.0. The van der Waals surface area contributed by atoms with Gasteiger partial charge < -0.3 is 4.57 Å². The van der Waals surface area contributed by atoms with Gasteiger partial charge in [-0.05, 0) is 42.0 Å². The molecule has 6 rings (SSSR count). The van der Waals surface area contributed by atoms with E-state index in [-0.39, 0.29) is 11.8 Å². The standard InChI is InChI=1S/C29H16N4O2/c1-31-19-14-17(16-30)13-18(15-19)20-8-5-9-22-21-7-3-4-11-24(21)33(27(20)22)25-12-6-10-23-26(25)29(35)32(2)28(23)34/h3-15H,2H3. The van der Waals surface area contributed by atoms with Gasteiger partial charge in [-0.25, -0.2) is 4.85 Å². The minimum Gasteiger partial charge on any atom is -0.308 e. The fraction of sp³-hybridized carbons (Fsp3) is 0.0345. The van der Waals surface area contributed by atoms with E-state index >= 15 is 0 Å². The molecule has 1 aromatic heterocycles. The zero-order valence-electron chi connectivity index (χ0n) is 18.6. The van der Waals surface area contributed by atoms with Gasteiger partial charge in [-0.3, -0.25) is 14.5 Å². The predicted molar refractivity (Wildman–Crippen MR) is 134 cm³/mol. The van der Waals surface area contributed by atoms with E-state index in [1.54, 1.807) is 30.3 Å². The third-order valence-corrected chi connectivity index (χ3v) is 6.52. The lowest BCUT2D eigenvalue weighted by Gasteiger charge is -2.14. The Hall–Kier alpha value is -5.20. The summed E-state index contributed by atoms with van der Waals surface area (Å²) in [5.41, 5.74) is 5.41. The molecule has 0 saturated heterocycles. The van der Waals surface area contributed by atoms with Gasteiger partial charge in [0.05, 0.1) is 40.5 Å². The Balaban J connectivity index is 1.79. The second kappa shape index (κ2) is 7.41. The highest BCUT2D eigenvalue weighted by Crippen LogP contribution is 2.41. The molecule has 0 aliphatic carbocycles. The highest BCUT2D eigenvalue weighted by atomic mass is 16.2. The van der Waals surface area contributed by atoms with Crippen LogP contribution in [-0.2, 0) is 0 Å². The lowest BCUT2D eigenvalue weighted by atomic mass is 9.99. The lowest BCUT2D eigenvalue weighted by molar-refractivity contribution is 0.0693. The number of para-hydroxylation sites is 2. The molecule has 5 aromatic rings. The van der Waals surface area contributed by atoms with E-state index in [0.29, 0.717) is 28.1 Å². The van der Waals surface area contributed by atoms with Crippen LogP contribution in [0.25, 0.3) is 43.5 Å². The number of aromatic nitrogens is 1. The topological polar surface area (TPSA) is 70.5 Å². The second-order valence-corrected chi connectivity index (χ2v) is 8.42. The molecule has 0 saturated carbocycles. The van der Waals surface area contributed by atoms with Crippen molar-refractivity contribution >= 4 is 39.3 Å². The van der Waals surface area contributed by atoms with Gasteiger partial charge in [0.25, 0.3) is 11.8 Å². The van der Waals surface area contributed by atoms with Crippen molar-refractivity contribution in [2.75, 3.05) is 7.05 Å². The summed E-state index contributed by atoms with van der Waals surface area (Å²) in [4.78, 5) is 30.5. The van der Waals surface area contributed by atoms with Crippen molar-refractivity contribution in [1.29, 1.82) is 5.26 Å². The number of fused-ring (bicyclic) bond motifs is 4. The summed E-state index contributed by atoms with van der Waals surface area (Å²) in [7, 11) is 1.49. The smallest absolute Gasteiger partial charge is 0.263 e. The van der Waals surface area contributed by atoms with Crippen molar-refractivity contribution in [2.24, 2.45) is 0 Å². The Morgan fingerprint density at radius 2 is 1.60 bits per heavy atom. The molecule has 0 spiro atoms. The molecule has 35 heavy (non-hydrogen) atoms. The molecule has 0 radical (unpaired) electrons. The molecule has 0 unspecified atom stereocenters. The van der Waals surface area contributed by atoms with E-state index in [0.717, 1.165) is 37.8 Å². The maximum Gasteiger partial charge on any atom is 0.263 e. The minimum atomic E-state index is -0.342. The summed E-state index contributed by atoms with van der Waals surface area (Å²) in [6.07, 6.45) is 0. The molecular weight excluding hydrogens is 436 g/mol. The second-order valence-electron chi connectivity index (χ2n) is 8.42. The van der Waals surface area contributed by atoms with Crippen LogP contribution in [0.4, 0.5) is 5.69 Å². The van der Waals surface area contributed by atoms with Crippen molar-refractivity contribution < 1.29 is 9.59 Å². The Kier molecular flexibility index (Phi) is 4.32. The molecule has 6 heteroatoms. The van der Waals surface area contributed by atoms with E-state index in [1.165, 1.54) is 7.05 Å². The monoisotopic (exact) mass is 452 g/mol. The number of imide groups is 1. The zero-order valence-corrected chi connectivity index (χ0v) is 18.6. The highest BCUT2D eigenvalue weighted by molar-refractivity contribution is 6.23. The Bertz CT molecular complexity index is 1800. The number of nitriles is 1. The van der Waals surface area contributed by atoms with Crippen LogP contribution in [0, 0.1) is 17.9 Å². The average molecular weight is 452 g/mol. The summed E-state index contributed by atoms with van der Waals surface area (Å²) in [6, 6.07) is 26.4. The van der Waals surface area contributed by atoms with Crippen LogP contribution in [0.2, 0.25) is 0 Å². The van der Waals surface area contributed by atoms with Crippen molar-refractivity contribution in [3.63, 3.8) is 0 Å². The Morgan fingerprint density at radius 3 is 2.40 bits per heavy atom. The molecule has 2 amide bonds. The van der Waals surface area contributed by atoms with E-state index in [2.05, 4.69) is 10.9 Å². The normalized spacial score (nSPS) is 12.7. The van der Waals surface area contributed by atoms with Gasteiger partial charge in [0, 0.05) is 28.9 Å². The van der Waals surface area contributed by atoms with Gasteiger partial charge in [-0.1, -0.05) is 42.5 Å². The van der Waals surface area contributed by atoms with Crippen molar-refractivity contribution in [3.8, 4) is 22.9 Å². The number of nitrogens with zero attached hydrogens (tertiary/aromatic N) is 4. The van der Waals surface area contributed by atoms with E-state index in [4.69, 9.17) is 6.57 Å². The lowest BCUT2D eigenvalue weighted by Crippen LogP contribution is -2.24. The van der Waals surface area contributed by atoms with Crippen LogP contribution in [0.3, 0.4) is 0 Å². The number of carbonyl (C=O) groups is 2. The largest absolute Gasteiger partial charge is 0.308 e. The van der Waals surface area contributed by atoms with Crippen LogP contribution in [0.1, 0.15) is 26.3 Å². The summed E-state index contributed by atoms with van der Waals surface area (Å²) in [5.74, 6) is -0.665. The van der Waals surface area contributed by atoms with E-state index in [9.17, 15) is 14.9 Å². The zero-order chi connectivity index (χ0) is 24.3. The summed E-state index contributed by atoms with van der Waals surface area (Å²) < 4.78 is 2.01. The van der Waals surface area contributed by atoms with Crippen LogP contribution in [0.5, 0.6) is 0 Å². The number of amides is 2. The Morgan fingerprint density at radius 1 is 0.857 bits per heavy atom. The number of carbonyl (C=O) groups excluding carboxylic acids is 2. The number of benzene rings is 4. The molecule has 0 fully saturated rings. The van der Waals surface area contributed by atoms with Gasteiger partial charge in [0.2, 0.25) is 0 Å². The molecule has 0 atom stereocenters. The van der Waals surface area contributed by atoms with E-state index in [1.807, 2.05) is 53.1 Å². The third-order valence-electron chi connectivity index (χ3n) is 6.52. The molecule has 0 N–H and O–H groups in total. The number of hydrogen-bond acceptors (Lipinski definition) is 3. The first-order valence-electron chi connectivity index (χ1n) is 10.9. The van der Waals surface area contributed by atoms with Crippen LogP contribution in [-0.4, -0.2) is 28.3 Å². The molecule has 6 nitrogen and oxygen atoms in total. The SMILES string of the molecule is [C-]#[N+]c1cc(C#N)cc(-c2cccc3c4ccccc4n(-c4cccc5c4C(=O)N(C)C5=O)c23)c1. The fourth-order valence-electron chi connectivity index (χ4n) is 4.97. The summed E-state index contributed by atoms with van der Waals surface area (Å²) >= 11 is 0. The molecule has 2 heterocycles. The van der Waals surface area contributed by atoms with Gasteiger partial charge in [-0.15, -0.1) is 0 Å². The maximum absolute atomic E-state index is 13.1. The van der Waals surface area contributed by atoms with Gasteiger partial charge in [-0.2, -0.15) is 5.26 Å². The molecule has 1 aliphatic rings. The summed E-state index contributed by atoms with van der Waals surface area (Å²) in [5, 5.41) is 11.5. The van der Waals surface area contributed by atoms with Crippen LogP contribution in [0.15, 0.2) is 78.9 Å². The van der Waals surface area contributed by atoms with Gasteiger partial charge in [0.15, 0.2) is 5.69 Å². The maximum atomic E-state index is 13.1. The number of rotatable bonds is 2. The summed E-state index contributed by atoms with van der Waals surface area (Å²) in [6.45, 7) is 7.48. The average Bonchev–Trinajstić information content (AvgIpc) is 3.36. The molecule has 164 valence electrons. The first-order valence-corrected chi connectivity index (χ1v) is 10.9. The molecule has 0 bridgehead atoms. The van der Waals surface area contributed by atoms with E-state index < -0.39 is 0 Å². The van der Waals surface area contributed by atoms with Crippen LogP contribution < -0.4 is 0 Å². The molecular formula is C29H16N4O2. The predicted octanol–water partition coefficient (Wildman–Crippen LogP) is 6.10. The molecule has 4 aromatic carbocycles. The minimum absolute atomic E-state index is 0.323. The molecule has 1 aliphatic heterocycles. The Labute approximate surface area is 200 Å².